The summed E-state index contributed by atoms with van der Waals surface area (Å²) in [7, 11) is 0. The van der Waals surface area contributed by atoms with Crippen molar-refractivity contribution in [3.05, 3.63) is 0 Å². The summed E-state index contributed by atoms with van der Waals surface area (Å²) in [6.07, 6.45) is 19.5. The summed E-state index contributed by atoms with van der Waals surface area (Å²) in [4.78, 5) is 11.7. The van der Waals surface area contributed by atoms with Gasteiger partial charge in [0.25, 0.3) is 0 Å². The van der Waals surface area contributed by atoms with Crippen LogP contribution >= 0.6 is 0 Å². The van der Waals surface area contributed by atoms with E-state index < -0.39 is 0 Å². The zero-order valence-electron chi connectivity index (χ0n) is 14.7. The smallest absolute Gasteiger partial charge is 0.136 e. The molecule has 0 N–H and O–H groups in total. The normalized spacial score (nSPS) is 39.5. The van der Waals surface area contributed by atoms with Gasteiger partial charge in [-0.1, -0.05) is 45.4 Å². The molecule has 0 heterocycles. The fourth-order valence-corrected chi connectivity index (χ4v) is 5.58. The Balaban J connectivity index is 1.35. The van der Waals surface area contributed by atoms with Gasteiger partial charge < -0.3 is 0 Å². The van der Waals surface area contributed by atoms with Gasteiger partial charge in [0.05, 0.1) is 0 Å². The first-order valence-corrected chi connectivity index (χ1v) is 10.3. The molecule has 1 unspecified atom stereocenters. The van der Waals surface area contributed by atoms with Gasteiger partial charge in [0.1, 0.15) is 5.78 Å². The van der Waals surface area contributed by atoms with Crippen LogP contribution < -0.4 is 0 Å². The van der Waals surface area contributed by atoms with Crippen molar-refractivity contribution in [2.24, 2.45) is 29.6 Å². The Hall–Kier alpha value is -0.330. The van der Waals surface area contributed by atoms with Gasteiger partial charge in [-0.25, -0.2) is 0 Å². The fraction of sp³-hybridized carbons (Fsp3) is 0.952. The molecule has 0 aliphatic heterocycles. The third-order valence-electron chi connectivity index (χ3n) is 7.27. The van der Waals surface area contributed by atoms with Crippen molar-refractivity contribution >= 4 is 5.78 Å². The molecule has 1 atom stereocenters. The van der Waals surface area contributed by atoms with Gasteiger partial charge in [0.15, 0.2) is 0 Å². The molecule has 3 aliphatic carbocycles. The molecular weight excluding hydrogens is 268 g/mol. The molecular formula is C21H36O. The van der Waals surface area contributed by atoms with Crippen LogP contribution in [0.4, 0.5) is 0 Å². The summed E-state index contributed by atoms with van der Waals surface area (Å²) >= 11 is 0. The van der Waals surface area contributed by atoms with Gasteiger partial charge in [0.2, 0.25) is 0 Å². The average Bonchev–Trinajstić information content (AvgIpc) is 2.55. The monoisotopic (exact) mass is 304 g/mol. The molecule has 0 spiro atoms. The standard InChI is InChI=1S/C21H36O/c1-2-3-4-5-16-6-8-17(9-7-16)18-10-12-19(13-11-18)20-14-15-21(20)22/h16-20H,2-15H2,1H3/t16-,17-,18?,19?,20?. The molecule has 3 fully saturated rings. The first kappa shape index (κ1) is 16.5. The van der Waals surface area contributed by atoms with E-state index in [2.05, 4.69) is 6.92 Å². The Bertz CT molecular complexity index is 345. The minimum Gasteiger partial charge on any atom is -0.299 e. The van der Waals surface area contributed by atoms with Crippen LogP contribution in [0.2, 0.25) is 0 Å². The third-order valence-corrected chi connectivity index (χ3v) is 7.27. The van der Waals surface area contributed by atoms with E-state index in [9.17, 15) is 4.79 Å². The van der Waals surface area contributed by atoms with E-state index in [0.29, 0.717) is 11.7 Å². The Morgan fingerprint density at radius 2 is 1.36 bits per heavy atom. The molecule has 0 radical (unpaired) electrons. The second kappa shape index (κ2) is 7.97. The van der Waals surface area contributed by atoms with Gasteiger partial charge in [0, 0.05) is 12.3 Å². The first-order chi connectivity index (χ1) is 10.8. The zero-order chi connectivity index (χ0) is 15.4. The maximum Gasteiger partial charge on any atom is 0.136 e. The highest BCUT2D eigenvalue weighted by atomic mass is 16.1. The summed E-state index contributed by atoms with van der Waals surface area (Å²) in [5.74, 6) is 4.91. The van der Waals surface area contributed by atoms with Gasteiger partial charge >= 0.3 is 0 Å². The van der Waals surface area contributed by atoms with E-state index in [1.165, 1.54) is 83.5 Å². The Labute approximate surface area is 137 Å². The highest BCUT2D eigenvalue weighted by Gasteiger charge is 2.38. The number of carbonyl (C=O) groups is 1. The quantitative estimate of drug-likeness (QED) is 0.537. The predicted molar refractivity (Wildman–Crippen MR) is 92.8 cm³/mol. The minimum atomic E-state index is 0.482. The summed E-state index contributed by atoms with van der Waals surface area (Å²) in [5.41, 5.74) is 0. The number of rotatable bonds is 6. The number of ketones is 1. The van der Waals surface area contributed by atoms with Crippen molar-refractivity contribution in [3.8, 4) is 0 Å². The average molecular weight is 305 g/mol. The van der Waals surface area contributed by atoms with Crippen LogP contribution in [0.3, 0.4) is 0 Å². The zero-order valence-corrected chi connectivity index (χ0v) is 14.7. The van der Waals surface area contributed by atoms with Crippen molar-refractivity contribution in [3.63, 3.8) is 0 Å². The van der Waals surface area contributed by atoms with Crippen LogP contribution in [0, 0.1) is 29.6 Å². The second-order valence-electron chi connectivity index (χ2n) is 8.56. The fourth-order valence-electron chi connectivity index (χ4n) is 5.58. The Morgan fingerprint density at radius 3 is 1.86 bits per heavy atom. The van der Waals surface area contributed by atoms with E-state index in [-0.39, 0.29) is 0 Å². The topological polar surface area (TPSA) is 17.1 Å². The molecule has 126 valence electrons. The molecule has 0 aromatic heterocycles. The maximum atomic E-state index is 11.7. The lowest BCUT2D eigenvalue weighted by atomic mass is 9.63. The van der Waals surface area contributed by atoms with Crippen LogP contribution in [0.25, 0.3) is 0 Å². The number of unbranched alkanes of at least 4 members (excludes halogenated alkanes) is 2. The number of hydrogen-bond donors (Lipinski definition) is 0. The van der Waals surface area contributed by atoms with Crippen LogP contribution in [0.15, 0.2) is 0 Å². The molecule has 3 aliphatic rings. The van der Waals surface area contributed by atoms with E-state index in [4.69, 9.17) is 0 Å². The Morgan fingerprint density at radius 1 is 0.773 bits per heavy atom. The third kappa shape index (κ3) is 3.95. The van der Waals surface area contributed by atoms with E-state index in [1.807, 2.05) is 0 Å². The molecule has 0 aromatic carbocycles. The maximum absolute atomic E-state index is 11.7. The number of hydrogen-bond acceptors (Lipinski definition) is 1. The van der Waals surface area contributed by atoms with Crippen LogP contribution in [0.5, 0.6) is 0 Å². The summed E-state index contributed by atoms with van der Waals surface area (Å²) in [6, 6.07) is 0. The molecule has 0 aromatic rings. The van der Waals surface area contributed by atoms with E-state index in [0.717, 1.165) is 30.1 Å². The van der Waals surface area contributed by atoms with Crippen molar-refractivity contribution in [1.29, 1.82) is 0 Å². The first-order valence-electron chi connectivity index (χ1n) is 10.3. The number of carbonyl (C=O) groups excluding carboxylic acids is 1. The van der Waals surface area contributed by atoms with Crippen molar-refractivity contribution in [2.75, 3.05) is 0 Å². The largest absolute Gasteiger partial charge is 0.299 e. The van der Waals surface area contributed by atoms with Crippen molar-refractivity contribution in [1.82, 2.24) is 0 Å². The molecule has 1 heteroatoms. The molecule has 3 saturated carbocycles. The molecule has 1 nitrogen and oxygen atoms in total. The summed E-state index contributed by atoms with van der Waals surface area (Å²) in [5, 5.41) is 0. The van der Waals surface area contributed by atoms with Gasteiger partial charge in [-0.2, -0.15) is 0 Å². The minimum absolute atomic E-state index is 0.482. The Kier molecular flexibility index (Phi) is 5.99. The molecule has 3 rings (SSSR count). The highest BCUT2D eigenvalue weighted by Crippen LogP contribution is 2.45. The van der Waals surface area contributed by atoms with Gasteiger partial charge in [-0.05, 0) is 68.6 Å². The van der Waals surface area contributed by atoms with Gasteiger partial charge in [-0.3, -0.25) is 4.79 Å². The predicted octanol–water partition coefficient (Wildman–Crippen LogP) is 6.16. The molecule has 0 saturated heterocycles. The van der Waals surface area contributed by atoms with Crippen LogP contribution in [-0.2, 0) is 4.79 Å². The second-order valence-corrected chi connectivity index (χ2v) is 8.56. The van der Waals surface area contributed by atoms with Crippen LogP contribution in [-0.4, -0.2) is 5.78 Å². The van der Waals surface area contributed by atoms with Crippen molar-refractivity contribution in [2.45, 2.75) is 96.8 Å². The molecule has 0 amide bonds. The van der Waals surface area contributed by atoms with E-state index in [1.54, 1.807) is 0 Å². The summed E-state index contributed by atoms with van der Waals surface area (Å²) < 4.78 is 0. The van der Waals surface area contributed by atoms with Gasteiger partial charge in [-0.15, -0.1) is 0 Å². The van der Waals surface area contributed by atoms with E-state index >= 15 is 0 Å². The lowest BCUT2D eigenvalue weighted by Crippen LogP contribution is -2.36. The summed E-state index contributed by atoms with van der Waals surface area (Å²) in [6.45, 7) is 2.31. The highest BCUT2D eigenvalue weighted by molar-refractivity contribution is 5.86. The molecule has 22 heavy (non-hydrogen) atoms. The van der Waals surface area contributed by atoms with Crippen LogP contribution in [0.1, 0.15) is 96.8 Å². The van der Waals surface area contributed by atoms with Crippen molar-refractivity contribution < 1.29 is 4.79 Å². The SMILES string of the molecule is CCCCC[C@H]1CC[C@H](C2CCC(C3CCC3=O)CC2)CC1. The molecule has 0 bridgehead atoms. The number of Topliss-reactive ketones (excluding diaryl/α,β-unsaturated/α-hetero) is 1. The lowest BCUT2D eigenvalue weighted by molar-refractivity contribution is -0.132. The lowest BCUT2D eigenvalue weighted by Gasteiger charge is -2.41.